The summed E-state index contributed by atoms with van der Waals surface area (Å²) in [5, 5.41) is 8.42. The summed E-state index contributed by atoms with van der Waals surface area (Å²) >= 11 is 2.88. The molecule has 2 rings (SSSR count). The minimum Gasteiger partial charge on any atom is -0.477 e. The van der Waals surface area contributed by atoms with Crippen LogP contribution in [0.5, 0.6) is 11.5 Å². The Morgan fingerprint density at radius 2 is 1.94 bits per heavy atom. The van der Waals surface area contributed by atoms with Crippen molar-refractivity contribution in [3.63, 3.8) is 0 Å². The third-order valence-electron chi connectivity index (χ3n) is 2.07. The number of fused-ring (bicyclic) bond motifs is 1. The van der Waals surface area contributed by atoms with Gasteiger partial charge in [-0.3, -0.25) is 0 Å². The largest absolute Gasteiger partial charge is 0.477 e. The SMILES string of the molecule is O=C(O)C(F)(F)c1cc2c(cc1Br)OCO2. The fourth-order valence-electron chi connectivity index (χ4n) is 1.27. The summed E-state index contributed by atoms with van der Waals surface area (Å²) in [6, 6.07) is 2.22. The molecule has 16 heavy (non-hydrogen) atoms. The van der Waals surface area contributed by atoms with Crippen molar-refractivity contribution < 1.29 is 28.2 Å². The molecule has 0 unspecified atom stereocenters. The van der Waals surface area contributed by atoms with E-state index in [-0.39, 0.29) is 17.0 Å². The molecule has 0 fully saturated rings. The van der Waals surface area contributed by atoms with Crippen LogP contribution in [0.25, 0.3) is 0 Å². The number of ether oxygens (including phenoxy) is 2. The maximum absolute atomic E-state index is 13.3. The standard InChI is InChI=1S/C9H5BrF2O4/c10-5-2-7-6(15-3-16-7)1-4(5)9(11,12)8(13)14/h1-2H,3H2,(H,13,14). The van der Waals surface area contributed by atoms with Gasteiger partial charge in [0.1, 0.15) is 0 Å². The Morgan fingerprint density at radius 1 is 1.38 bits per heavy atom. The van der Waals surface area contributed by atoms with Gasteiger partial charge in [-0.2, -0.15) is 8.78 Å². The van der Waals surface area contributed by atoms with E-state index in [9.17, 15) is 13.6 Å². The second-order valence-electron chi connectivity index (χ2n) is 3.06. The highest BCUT2D eigenvalue weighted by molar-refractivity contribution is 9.10. The van der Waals surface area contributed by atoms with Gasteiger partial charge in [-0.1, -0.05) is 15.9 Å². The molecule has 0 saturated heterocycles. The minimum atomic E-state index is -3.97. The van der Waals surface area contributed by atoms with Crippen LogP contribution >= 0.6 is 15.9 Å². The minimum absolute atomic E-state index is 0.0378. The second kappa shape index (κ2) is 3.58. The summed E-state index contributed by atoms with van der Waals surface area (Å²) in [5.41, 5.74) is -0.663. The van der Waals surface area contributed by atoms with Crippen molar-refractivity contribution in [2.75, 3.05) is 6.79 Å². The number of halogens is 3. The Bertz CT molecular complexity index is 461. The smallest absolute Gasteiger partial charge is 0.379 e. The first kappa shape index (κ1) is 11.1. The van der Waals surface area contributed by atoms with Gasteiger partial charge in [-0.15, -0.1) is 0 Å². The van der Waals surface area contributed by atoms with Gasteiger partial charge in [0.25, 0.3) is 0 Å². The predicted octanol–water partition coefficient (Wildman–Crippen LogP) is 2.35. The molecule has 1 N–H and O–H groups in total. The van der Waals surface area contributed by atoms with Crippen LogP contribution in [-0.4, -0.2) is 17.9 Å². The quantitative estimate of drug-likeness (QED) is 0.910. The Labute approximate surface area is 96.9 Å². The molecule has 1 aliphatic heterocycles. The lowest BCUT2D eigenvalue weighted by atomic mass is 10.1. The molecule has 0 spiro atoms. The van der Waals surface area contributed by atoms with Crippen LogP contribution in [0.4, 0.5) is 8.78 Å². The predicted molar refractivity (Wildman–Crippen MR) is 51.8 cm³/mol. The van der Waals surface area contributed by atoms with Crippen molar-refractivity contribution in [1.82, 2.24) is 0 Å². The number of rotatable bonds is 2. The highest BCUT2D eigenvalue weighted by atomic mass is 79.9. The van der Waals surface area contributed by atoms with Gasteiger partial charge < -0.3 is 14.6 Å². The van der Waals surface area contributed by atoms with Gasteiger partial charge in [-0.25, -0.2) is 4.79 Å². The van der Waals surface area contributed by atoms with Crippen LogP contribution in [-0.2, 0) is 10.7 Å². The molecule has 1 aromatic rings. The Hall–Kier alpha value is -1.37. The van der Waals surface area contributed by atoms with E-state index >= 15 is 0 Å². The number of carboxylic acids is 1. The summed E-state index contributed by atoms with van der Waals surface area (Å²) in [5.74, 6) is -5.78. The number of carboxylic acid groups (broad SMARTS) is 1. The molecule has 1 aliphatic rings. The Balaban J connectivity index is 2.54. The van der Waals surface area contributed by atoms with Crippen molar-refractivity contribution in [2.45, 2.75) is 5.92 Å². The zero-order chi connectivity index (χ0) is 11.9. The van der Waals surface area contributed by atoms with E-state index in [0.717, 1.165) is 6.07 Å². The van der Waals surface area contributed by atoms with E-state index < -0.39 is 17.5 Å². The molecule has 0 amide bonds. The van der Waals surface area contributed by atoms with Crippen LogP contribution in [0.2, 0.25) is 0 Å². The third kappa shape index (κ3) is 1.60. The summed E-state index contributed by atoms with van der Waals surface area (Å²) in [6.07, 6.45) is 0. The average molecular weight is 295 g/mol. The maximum Gasteiger partial charge on any atom is 0.379 e. The first-order valence-corrected chi connectivity index (χ1v) is 4.93. The first-order valence-electron chi connectivity index (χ1n) is 4.13. The van der Waals surface area contributed by atoms with Gasteiger partial charge in [0, 0.05) is 4.47 Å². The third-order valence-corrected chi connectivity index (χ3v) is 2.73. The first-order chi connectivity index (χ1) is 7.43. The number of aliphatic carboxylic acids is 1. The molecular formula is C9H5BrF2O4. The van der Waals surface area contributed by atoms with Crippen molar-refractivity contribution in [3.05, 3.63) is 22.2 Å². The molecule has 0 radical (unpaired) electrons. The van der Waals surface area contributed by atoms with E-state index in [0.29, 0.717) is 5.75 Å². The molecule has 0 bridgehead atoms. The molecule has 86 valence electrons. The van der Waals surface area contributed by atoms with Gasteiger partial charge >= 0.3 is 11.9 Å². The number of benzene rings is 1. The molecule has 1 aromatic carbocycles. The van der Waals surface area contributed by atoms with E-state index in [2.05, 4.69) is 15.9 Å². The molecule has 0 saturated carbocycles. The van der Waals surface area contributed by atoms with Gasteiger partial charge in [0.05, 0.1) is 5.56 Å². The van der Waals surface area contributed by atoms with Crippen LogP contribution in [0.3, 0.4) is 0 Å². The summed E-state index contributed by atoms with van der Waals surface area (Å²) < 4.78 is 36.4. The van der Waals surface area contributed by atoms with Crippen molar-refractivity contribution >= 4 is 21.9 Å². The van der Waals surface area contributed by atoms with Crippen molar-refractivity contribution in [3.8, 4) is 11.5 Å². The number of hydrogen-bond acceptors (Lipinski definition) is 3. The molecule has 0 aromatic heterocycles. The second-order valence-corrected chi connectivity index (χ2v) is 3.92. The van der Waals surface area contributed by atoms with Gasteiger partial charge in [0.2, 0.25) is 6.79 Å². The lowest BCUT2D eigenvalue weighted by Gasteiger charge is -2.13. The molecular weight excluding hydrogens is 290 g/mol. The normalized spacial score (nSPS) is 13.9. The van der Waals surface area contributed by atoms with Gasteiger partial charge in [-0.05, 0) is 12.1 Å². The fourth-order valence-corrected chi connectivity index (χ4v) is 1.84. The van der Waals surface area contributed by atoms with Crippen LogP contribution < -0.4 is 9.47 Å². The molecule has 1 heterocycles. The highest BCUT2D eigenvalue weighted by Crippen LogP contribution is 2.42. The molecule has 0 atom stereocenters. The van der Waals surface area contributed by atoms with E-state index in [1.807, 2.05) is 0 Å². The molecule has 0 aliphatic carbocycles. The topological polar surface area (TPSA) is 55.8 Å². The zero-order valence-corrected chi connectivity index (χ0v) is 9.25. The molecule has 7 heteroatoms. The van der Waals surface area contributed by atoms with E-state index in [4.69, 9.17) is 14.6 Å². The number of carbonyl (C=O) groups is 1. The van der Waals surface area contributed by atoms with Gasteiger partial charge in [0.15, 0.2) is 11.5 Å². The van der Waals surface area contributed by atoms with Crippen LogP contribution in [0, 0.1) is 0 Å². The lowest BCUT2D eigenvalue weighted by molar-refractivity contribution is -0.166. The summed E-state index contributed by atoms with van der Waals surface area (Å²) in [4.78, 5) is 10.4. The number of alkyl halides is 2. The van der Waals surface area contributed by atoms with Crippen LogP contribution in [0.15, 0.2) is 16.6 Å². The van der Waals surface area contributed by atoms with Crippen molar-refractivity contribution in [1.29, 1.82) is 0 Å². The van der Waals surface area contributed by atoms with Crippen molar-refractivity contribution in [2.24, 2.45) is 0 Å². The monoisotopic (exact) mass is 294 g/mol. The van der Waals surface area contributed by atoms with E-state index in [1.54, 1.807) is 0 Å². The lowest BCUT2D eigenvalue weighted by Crippen LogP contribution is -2.25. The van der Waals surface area contributed by atoms with Crippen LogP contribution in [0.1, 0.15) is 5.56 Å². The highest BCUT2D eigenvalue weighted by Gasteiger charge is 2.43. The maximum atomic E-state index is 13.3. The summed E-state index contributed by atoms with van der Waals surface area (Å²) in [6.45, 7) is -0.0656. The van der Waals surface area contributed by atoms with E-state index in [1.165, 1.54) is 6.07 Å². The fraction of sp³-hybridized carbons (Fsp3) is 0.222. The average Bonchev–Trinajstić information content (AvgIpc) is 2.62. The Kier molecular flexibility index (Phi) is 2.49. The number of hydrogen-bond donors (Lipinski definition) is 1. The zero-order valence-electron chi connectivity index (χ0n) is 7.67. The molecule has 4 nitrogen and oxygen atoms in total. The summed E-state index contributed by atoms with van der Waals surface area (Å²) in [7, 11) is 0. The Morgan fingerprint density at radius 3 is 2.50 bits per heavy atom.